The summed E-state index contributed by atoms with van der Waals surface area (Å²) in [5, 5.41) is 7.92. The molecule has 13 aromatic rings. The van der Waals surface area contributed by atoms with Crippen LogP contribution in [0.15, 0.2) is 279 Å². The molecule has 0 saturated carbocycles. The van der Waals surface area contributed by atoms with E-state index in [0.717, 1.165) is 33.5 Å². The lowest BCUT2D eigenvalue weighted by Gasteiger charge is -2.31. The van der Waals surface area contributed by atoms with E-state index in [2.05, 4.69) is 271 Å². The molecule has 0 atom stereocenters. The third kappa shape index (κ3) is 7.16. The van der Waals surface area contributed by atoms with Gasteiger partial charge < -0.3 is 4.57 Å². The number of nitrogens with zero attached hydrogens (tertiary/aromatic N) is 4. The Hall–Kier alpha value is -9.55. The summed E-state index contributed by atoms with van der Waals surface area (Å²) in [6, 6.07) is 101. The minimum atomic E-state index is -2.94. The van der Waals surface area contributed by atoms with Gasteiger partial charge >= 0.3 is 0 Å². The Morgan fingerprint density at radius 1 is 0.257 bits per heavy atom. The number of aromatic nitrogens is 4. The van der Waals surface area contributed by atoms with E-state index in [1.165, 1.54) is 75.9 Å². The highest BCUT2D eigenvalue weighted by atomic mass is 28.3. The van der Waals surface area contributed by atoms with E-state index in [1.54, 1.807) is 0 Å². The second-order valence-electron chi connectivity index (χ2n) is 19.1. The predicted molar refractivity (Wildman–Crippen MR) is 309 cm³/mol. The maximum atomic E-state index is 5.24. The second kappa shape index (κ2) is 17.9. The van der Waals surface area contributed by atoms with Gasteiger partial charge in [-0.3, -0.25) is 0 Å². The quantitative estimate of drug-likeness (QED) is 0.135. The van der Waals surface area contributed by atoms with Crippen molar-refractivity contribution in [1.82, 2.24) is 19.5 Å². The number of para-hydroxylation sites is 2. The molecule has 1 aliphatic rings. The van der Waals surface area contributed by atoms with Crippen molar-refractivity contribution in [3.8, 4) is 84.4 Å². The van der Waals surface area contributed by atoms with Crippen LogP contribution in [-0.2, 0) is 0 Å². The molecule has 11 aromatic carbocycles. The smallest absolute Gasteiger partial charge is 0.180 e. The predicted octanol–water partition coefficient (Wildman–Crippen LogP) is 14.3. The fraction of sp³-hybridized carbons (Fsp3) is 0. The summed E-state index contributed by atoms with van der Waals surface area (Å²) >= 11 is 0. The molecule has 0 amide bonds. The fourth-order valence-electron chi connectivity index (χ4n) is 11.5. The summed E-state index contributed by atoms with van der Waals surface area (Å²) in [5.74, 6) is 1.89. The van der Waals surface area contributed by atoms with Crippen molar-refractivity contribution in [2.45, 2.75) is 0 Å². The molecule has 0 N–H and O–H groups in total. The van der Waals surface area contributed by atoms with Gasteiger partial charge in [0.1, 0.15) is 0 Å². The number of hydrogen-bond acceptors (Lipinski definition) is 3. The maximum absolute atomic E-state index is 5.24. The van der Waals surface area contributed by atoms with Gasteiger partial charge in [-0.05, 0) is 77.9 Å². The second-order valence-corrected chi connectivity index (χ2v) is 22.8. The van der Waals surface area contributed by atoms with Crippen LogP contribution in [0.25, 0.3) is 106 Å². The third-order valence-corrected chi connectivity index (χ3v) is 19.9. The topological polar surface area (TPSA) is 43.6 Å². The van der Waals surface area contributed by atoms with Gasteiger partial charge in [0, 0.05) is 33.0 Å². The van der Waals surface area contributed by atoms with E-state index in [9.17, 15) is 0 Å². The molecule has 2 aromatic heterocycles. The van der Waals surface area contributed by atoms with Crippen molar-refractivity contribution in [1.29, 1.82) is 0 Å². The van der Waals surface area contributed by atoms with Gasteiger partial charge in [-0.15, -0.1) is 0 Å². The van der Waals surface area contributed by atoms with E-state index in [4.69, 9.17) is 15.0 Å². The first-order chi connectivity index (χ1) is 36.7. The largest absolute Gasteiger partial charge is 0.309 e. The maximum Gasteiger partial charge on any atom is 0.180 e. The summed E-state index contributed by atoms with van der Waals surface area (Å²) < 4.78 is 2.46. The number of hydrogen-bond donors (Lipinski definition) is 0. The molecule has 74 heavy (non-hydrogen) atoms. The monoisotopic (exact) mass is 958 g/mol. The first-order valence-electron chi connectivity index (χ1n) is 25.3. The van der Waals surface area contributed by atoms with Crippen LogP contribution >= 0.6 is 0 Å². The van der Waals surface area contributed by atoms with Crippen LogP contribution < -0.4 is 20.7 Å². The van der Waals surface area contributed by atoms with E-state index in [0.29, 0.717) is 17.5 Å². The van der Waals surface area contributed by atoms with E-state index in [-0.39, 0.29) is 0 Å². The number of benzene rings is 11. The highest BCUT2D eigenvalue weighted by Gasteiger charge is 2.48. The average molecular weight is 959 g/mol. The van der Waals surface area contributed by atoms with Gasteiger partial charge in [-0.1, -0.05) is 261 Å². The Bertz CT molecular complexity index is 4060. The van der Waals surface area contributed by atoms with Crippen LogP contribution in [-0.4, -0.2) is 27.6 Å². The molecule has 0 radical (unpaired) electrons. The van der Waals surface area contributed by atoms with Crippen LogP contribution in [0.4, 0.5) is 0 Å². The van der Waals surface area contributed by atoms with Gasteiger partial charge in [0.05, 0.1) is 16.7 Å². The molecule has 5 heteroatoms. The van der Waals surface area contributed by atoms with Crippen molar-refractivity contribution in [2.75, 3.05) is 0 Å². The van der Waals surface area contributed by atoms with Gasteiger partial charge in [0.15, 0.2) is 25.5 Å². The van der Waals surface area contributed by atoms with Crippen molar-refractivity contribution < 1.29 is 0 Å². The third-order valence-electron chi connectivity index (χ3n) is 15.0. The van der Waals surface area contributed by atoms with Crippen molar-refractivity contribution in [2.24, 2.45) is 0 Å². The van der Waals surface area contributed by atoms with Gasteiger partial charge in [0.2, 0.25) is 0 Å². The zero-order valence-electron chi connectivity index (χ0n) is 40.3. The Labute approximate surface area is 431 Å². The molecule has 0 spiro atoms. The fourth-order valence-corrected chi connectivity index (χ4v) is 16.7. The molecule has 0 saturated heterocycles. The summed E-state index contributed by atoms with van der Waals surface area (Å²) in [6.07, 6.45) is 0. The van der Waals surface area contributed by atoms with Crippen LogP contribution in [0.2, 0.25) is 0 Å². The Kier molecular flexibility index (Phi) is 10.5. The molecular formula is C69H46N4Si. The van der Waals surface area contributed by atoms with Gasteiger partial charge in [0.25, 0.3) is 0 Å². The van der Waals surface area contributed by atoms with Gasteiger partial charge in [-0.25, -0.2) is 15.0 Å². The molecule has 1 aliphatic heterocycles. The van der Waals surface area contributed by atoms with Gasteiger partial charge in [-0.2, -0.15) is 0 Å². The van der Waals surface area contributed by atoms with Crippen LogP contribution in [0, 0.1) is 0 Å². The standard InChI is InChI=1S/C69H46N4Si/c1-4-18-47(19-5-1)49-32-36-52(37-33-49)67-70-68(53-38-34-50(35-39-53)48-20-6-2-7-21-48)72-69(71-67)54-40-42-55(43-41-54)74(65-30-16-12-26-59(65)60-27-13-17-31-66(60)74)56-44-45-64-61(46-56)58-25-11-15-29-63(58)73(64)62-28-14-10-24-57(62)51-22-8-3-9-23-51/h1-46H. The Balaban J connectivity index is 0.931. The highest BCUT2D eigenvalue weighted by Crippen LogP contribution is 2.38. The van der Waals surface area contributed by atoms with E-state index >= 15 is 0 Å². The lowest BCUT2D eigenvalue weighted by molar-refractivity contribution is 1.07. The Morgan fingerprint density at radius 3 is 1.18 bits per heavy atom. The van der Waals surface area contributed by atoms with Crippen LogP contribution in [0.1, 0.15) is 0 Å². The highest BCUT2D eigenvalue weighted by molar-refractivity contribution is 7.22. The first kappa shape index (κ1) is 43.3. The number of fused-ring (bicyclic) bond motifs is 6. The summed E-state index contributed by atoms with van der Waals surface area (Å²) in [5.41, 5.74) is 15.9. The van der Waals surface area contributed by atoms with Crippen molar-refractivity contribution in [3.63, 3.8) is 0 Å². The molecule has 0 aliphatic carbocycles. The van der Waals surface area contributed by atoms with Crippen molar-refractivity contribution >= 4 is 50.6 Å². The zero-order chi connectivity index (χ0) is 49.0. The zero-order valence-corrected chi connectivity index (χ0v) is 41.3. The molecule has 0 fully saturated rings. The molecule has 14 rings (SSSR count). The summed E-state index contributed by atoms with van der Waals surface area (Å²) in [6.45, 7) is 0. The number of rotatable bonds is 9. The average Bonchev–Trinajstić information content (AvgIpc) is 3.99. The molecular weight excluding hydrogens is 913 g/mol. The molecule has 0 unspecified atom stereocenters. The summed E-state index contributed by atoms with van der Waals surface area (Å²) in [4.78, 5) is 15.6. The summed E-state index contributed by atoms with van der Waals surface area (Å²) in [7, 11) is -2.94. The SMILES string of the molecule is c1ccc(-c2ccc(-c3nc(-c4ccc(-c5ccccc5)cc4)nc(-c4ccc([Si]5(c6ccc7c(c6)c6ccccc6n7-c6ccccc6-c6ccccc6)c6ccccc6-c6ccccc65)cc4)n3)cc2)cc1. The Morgan fingerprint density at radius 2 is 0.635 bits per heavy atom. The normalized spacial score (nSPS) is 12.4. The first-order valence-corrected chi connectivity index (χ1v) is 27.3. The lowest BCUT2D eigenvalue weighted by atomic mass is 10.0. The minimum absolute atomic E-state index is 0.628. The van der Waals surface area contributed by atoms with E-state index in [1.807, 2.05) is 12.1 Å². The molecule has 0 bridgehead atoms. The molecule has 346 valence electrons. The van der Waals surface area contributed by atoms with E-state index < -0.39 is 8.07 Å². The van der Waals surface area contributed by atoms with Crippen molar-refractivity contribution in [3.05, 3.63) is 279 Å². The lowest BCUT2D eigenvalue weighted by Crippen LogP contribution is -2.72. The van der Waals surface area contributed by atoms with Crippen LogP contribution in [0.5, 0.6) is 0 Å². The minimum Gasteiger partial charge on any atom is -0.309 e. The molecule has 4 nitrogen and oxygen atoms in total. The van der Waals surface area contributed by atoms with Crippen LogP contribution in [0.3, 0.4) is 0 Å². The molecule has 3 heterocycles.